The predicted octanol–water partition coefficient (Wildman–Crippen LogP) is 0.491. The Bertz CT molecular complexity index is 625. The highest BCUT2D eigenvalue weighted by Crippen LogP contribution is 2.06. The lowest BCUT2D eigenvalue weighted by molar-refractivity contribution is -0.123. The fourth-order valence-electron chi connectivity index (χ4n) is 1.57. The van der Waals surface area contributed by atoms with Gasteiger partial charge in [0, 0.05) is 20.0 Å². The van der Waals surface area contributed by atoms with Crippen LogP contribution in [-0.2, 0) is 20.9 Å². The molecule has 8 heteroatoms. The molecule has 128 valence electrons. The highest BCUT2D eigenvalue weighted by Gasteiger charge is 2.12. The third-order valence-electron chi connectivity index (χ3n) is 2.73. The number of carbonyl (C=O) groups excluding carboxylic acids is 4. The molecule has 0 fully saturated rings. The van der Waals surface area contributed by atoms with Crippen molar-refractivity contribution in [1.82, 2.24) is 16.0 Å². The molecule has 0 saturated heterocycles. The Balaban J connectivity index is 2.41. The zero-order valence-electron chi connectivity index (χ0n) is 13.3. The smallest absolute Gasteiger partial charge is 0.338 e. The number of imide groups is 1. The van der Waals surface area contributed by atoms with Crippen LogP contribution in [0.4, 0.5) is 4.79 Å². The summed E-state index contributed by atoms with van der Waals surface area (Å²) in [7, 11) is 0. The van der Waals surface area contributed by atoms with Crippen LogP contribution in [0.15, 0.2) is 36.9 Å². The second kappa shape index (κ2) is 9.78. The zero-order valence-corrected chi connectivity index (χ0v) is 13.3. The average Bonchev–Trinajstić information content (AvgIpc) is 2.56. The molecular formula is C16H19N3O5. The molecule has 0 atom stereocenters. The van der Waals surface area contributed by atoms with Crippen molar-refractivity contribution in [2.45, 2.75) is 13.5 Å². The van der Waals surface area contributed by atoms with Crippen molar-refractivity contribution in [3.8, 4) is 0 Å². The molecule has 0 aromatic heterocycles. The average molecular weight is 333 g/mol. The first-order chi connectivity index (χ1) is 11.4. The quantitative estimate of drug-likeness (QED) is 0.496. The molecule has 0 heterocycles. The van der Waals surface area contributed by atoms with E-state index in [0.29, 0.717) is 6.54 Å². The molecule has 0 radical (unpaired) electrons. The minimum Gasteiger partial charge on any atom is -0.452 e. The Kier molecular flexibility index (Phi) is 7.69. The number of ether oxygens (including phenoxy) is 1. The fraction of sp³-hybridized carbons (Fsp3) is 0.250. The zero-order chi connectivity index (χ0) is 17.9. The van der Waals surface area contributed by atoms with E-state index in [1.165, 1.54) is 25.1 Å². The normalized spacial score (nSPS) is 9.54. The van der Waals surface area contributed by atoms with Crippen LogP contribution in [0.25, 0.3) is 0 Å². The van der Waals surface area contributed by atoms with E-state index in [9.17, 15) is 19.2 Å². The minimum atomic E-state index is -0.743. The molecule has 8 nitrogen and oxygen atoms in total. The van der Waals surface area contributed by atoms with Gasteiger partial charge in [0.1, 0.15) is 0 Å². The summed E-state index contributed by atoms with van der Waals surface area (Å²) >= 11 is 0. The summed E-state index contributed by atoms with van der Waals surface area (Å²) in [5, 5.41) is 6.98. The van der Waals surface area contributed by atoms with Gasteiger partial charge in [0.2, 0.25) is 5.91 Å². The first-order valence-corrected chi connectivity index (χ1v) is 7.11. The molecule has 1 aromatic rings. The van der Waals surface area contributed by atoms with Crippen LogP contribution in [0.3, 0.4) is 0 Å². The number of benzene rings is 1. The van der Waals surface area contributed by atoms with E-state index in [1.807, 2.05) is 5.32 Å². The summed E-state index contributed by atoms with van der Waals surface area (Å²) in [4.78, 5) is 45.3. The fourth-order valence-corrected chi connectivity index (χ4v) is 1.57. The minimum absolute atomic E-state index is 0.151. The van der Waals surface area contributed by atoms with Gasteiger partial charge in [0.15, 0.2) is 6.61 Å². The summed E-state index contributed by atoms with van der Waals surface area (Å²) < 4.78 is 4.81. The van der Waals surface area contributed by atoms with Crippen molar-refractivity contribution in [3.63, 3.8) is 0 Å². The van der Waals surface area contributed by atoms with Crippen molar-refractivity contribution < 1.29 is 23.9 Å². The Labute approximate surface area is 139 Å². The van der Waals surface area contributed by atoms with E-state index >= 15 is 0 Å². The van der Waals surface area contributed by atoms with Crippen LogP contribution < -0.4 is 16.0 Å². The Morgan fingerprint density at radius 3 is 2.38 bits per heavy atom. The van der Waals surface area contributed by atoms with Crippen molar-refractivity contribution in [2.24, 2.45) is 0 Å². The lowest BCUT2D eigenvalue weighted by Gasteiger charge is -2.07. The van der Waals surface area contributed by atoms with E-state index in [0.717, 1.165) is 5.56 Å². The maximum atomic E-state index is 11.8. The number of amides is 4. The van der Waals surface area contributed by atoms with Gasteiger partial charge in [-0.25, -0.2) is 9.59 Å². The van der Waals surface area contributed by atoms with Crippen molar-refractivity contribution >= 4 is 23.8 Å². The molecule has 1 aromatic carbocycles. The molecule has 0 unspecified atom stereocenters. The van der Waals surface area contributed by atoms with E-state index in [2.05, 4.69) is 17.2 Å². The van der Waals surface area contributed by atoms with Gasteiger partial charge in [-0.1, -0.05) is 18.2 Å². The number of nitrogens with one attached hydrogen (secondary N) is 3. The number of carbonyl (C=O) groups is 4. The molecule has 1 rings (SSSR count). The van der Waals surface area contributed by atoms with Crippen LogP contribution in [0.5, 0.6) is 0 Å². The number of hydrogen-bond acceptors (Lipinski definition) is 5. The maximum Gasteiger partial charge on any atom is 0.338 e. The van der Waals surface area contributed by atoms with Gasteiger partial charge in [-0.15, -0.1) is 6.58 Å². The van der Waals surface area contributed by atoms with Gasteiger partial charge >= 0.3 is 12.0 Å². The Morgan fingerprint density at radius 1 is 1.12 bits per heavy atom. The first kappa shape index (κ1) is 18.9. The third-order valence-corrected chi connectivity index (χ3v) is 2.73. The molecule has 0 aliphatic carbocycles. The third kappa shape index (κ3) is 7.21. The van der Waals surface area contributed by atoms with E-state index in [-0.39, 0.29) is 18.0 Å². The topological polar surface area (TPSA) is 114 Å². The molecule has 0 aliphatic heterocycles. The summed E-state index contributed by atoms with van der Waals surface area (Å²) in [6, 6.07) is 5.67. The monoisotopic (exact) mass is 333 g/mol. The van der Waals surface area contributed by atoms with Crippen molar-refractivity contribution in [1.29, 1.82) is 0 Å². The standard InChI is InChI=1S/C16H19N3O5/c1-3-8-17-16(23)19-14(21)10-24-15(22)13-6-4-12(5-7-13)9-18-11(2)20/h3-7H,1,8-10H2,2H3,(H,18,20)(H2,17,19,21,23). The molecule has 4 amide bonds. The largest absolute Gasteiger partial charge is 0.452 e. The van der Waals surface area contributed by atoms with Gasteiger partial charge in [0.25, 0.3) is 5.91 Å². The van der Waals surface area contributed by atoms with E-state index in [1.54, 1.807) is 12.1 Å². The Hall–Kier alpha value is -3.16. The summed E-state index contributed by atoms with van der Waals surface area (Å²) in [5.74, 6) is -1.59. The second-order valence-electron chi connectivity index (χ2n) is 4.73. The second-order valence-corrected chi connectivity index (χ2v) is 4.73. The lowest BCUT2D eigenvalue weighted by Crippen LogP contribution is -2.41. The summed E-state index contributed by atoms with van der Waals surface area (Å²) in [6.45, 7) is 4.82. The number of urea groups is 1. The van der Waals surface area contributed by atoms with Crippen LogP contribution in [0.1, 0.15) is 22.8 Å². The van der Waals surface area contributed by atoms with Gasteiger partial charge < -0.3 is 15.4 Å². The molecule has 0 bridgehead atoms. The van der Waals surface area contributed by atoms with Crippen LogP contribution in [0, 0.1) is 0 Å². The highest BCUT2D eigenvalue weighted by atomic mass is 16.5. The van der Waals surface area contributed by atoms with Crippen LogP contribution in [-0.4, -0.2) is 37.0 Å². The lowest BCUT2D eigenvalue weighted by atomic mass is 10.1. The van der Waals surface area contributed by atoms with E-state index in [4.69, 9.17) is 4.74 Å². The highest BCUT2D eigenvalue weighted by molar-refractivity contribution is 5.97. The molecule has 3 N–H and O–H groups in total. The molecule has 24 heavy (non-hydrogen) atoms. The first-order valence-electron chi connectivity index (χ1n) is 7.11. The van der Waals surface area contributed by atoms with E-state index < -0.39 is 24.5 Å². The maximum absolute atomic E-state index is 11.8. The predicted molar refractivity (Wildman–Crippen MR) is 86.0 cm³/mol. The number of hydrogen-bond donors (Lipinski definition) is 3. The summed E-state index contributed by atoms with van der Waals surface area (Å²) in [5.41, 5.74) is 1.07. The molecular weight excluding hydrogens is 314 g/mol. The van der Waals surface area contributed by atoms with Gasteiger partial charge in [-0.2, -0.15) is 0 Å². The van der Waals surface area contributed by atoms with Crippen molar-refractivity contribution in [3.05, 3.63) is 48.0 Å². The van der Waals surface area contributed by atoms with Crippen LogP contribution >= 0.6 is 0 Å². The number of rotatable bonds is 7. The summed E-state index contributed by atoms with van der Waals surface area (Å²) in [6.07, 6.45) is 1.46. The van der Waals surface area contributed by atoms with Gasteiger partial charge in [-0.3, -0.25) is 14.9 Å². The van der Waals surface area contributed by atoms with Crippen LogP contribution in [0.2, 0.25) is 0 Å². The molecule has 0 spiro atoms. The molecule has 0 aliphatic rings. The SMILES string of the molecule is C=CCNC(=O)NC(=O)COC(=O)c1ccc(CNC(C)=O)cc1. The number of esters is 1. The molecule has 0 saturated carbocycles. The Morgan fingerprint density at radius 2 is 1.79 bits per heavy atom. The van der Waals surface area contributed by atoms with Gasteiger partial charge in [0.05, 0.1) is 5.56 Å². The van der Waals surface area contributed by atoms with Crippen molar-refractivity contribution in [2.75, 3.05) is 13.2 Å². The van der Waals surface area contributed by atoms with Gasteiger partial charge in [-0.05, 0) is 17.7 Å².